The topological polar surface area (TPSA) is 41.1 Å². The zero-order valence-corrected chi connectivity index (χ0v) is 12.8. The molecule has 3 heteroatoms. The number of amides is 2. The van der Waals surface area contributed by atoms with Crippen molar-refractivity contribution in [1.29, 1.82) is 0 Å². The van der Waals surface area contributed by atoms with Crippen LogP contribution in [0.25, 0.3) is 0 Å². The lowest BCUT2D eigenvalue weighted by atomic mass is 9.95. The number of hydrogen-bond acceptors (Lipinski definition) is 1. The first-order valence-electron chi connectivity index (χ1n) is 8.30. The molecule has 1 aliphatic rings. The third-order valence-corrected chi connectivity index (χ3v) is 4.17. The molecule has 0 spiro atoms. The molecule has 0 radical (unpaired) electrons. The number of urea groups is 1. The lowest BCUT2D eigenvalue weighted by molar-refractivity contribution is 0.231. The Kier molecular flexibility index (Phi) is 8.68. The summed E-state index contributed by atoms with van der Waals surface area (Å²) in [5.74, 6) is 0.782. The molecule has 19 heavy (non-hydrogen) atoms. The summed E-state index contributed by atoms with van der Waals surface area (Å²) >= 11 is 0. The van der Waals surface area contributed by atoms with E-state index >= 15 is 0 Å². The first-order valence-corrected chi connectivity index (χ1v) is 8.30. The first kappa shape index (κ1) is 16.3. The molecule has 0 bridgehead atoms. The average Bonchev–Trinajstić information content (AvgIpc) is 2.40. The van der Waals surface area contributed by atoms with Crippen LogP contribution in [0.15, 0.2) is 0 Å². The number of rotatable bonds is 8. The summed E-state index contributed by atoms with van der Waals surface area (Å²) in [6.45, 7) is 5.31. The monoisotopic (exact) mass is 268 g/mol. The van der Waals surface area contributed by atoms with Gasteiger partial charge in [-0.2, -0.15) is 0 Å². The van der Waals surface area contributed by atoms with Crippen molar-refractivity contribution in [1.82, 2.24) is 10.6 Å². The minimum atomic E-state index is 0.0404. The van der Waals surface area contributed by atoms with Gasteiger partial charge in [0.25, 0.3) is 0 Å². The summed E-state index contributed by atoms with van der Waals surface area (Å²) in [5.41, 5.74) is 0. The van der Waals surface area contributed by atoms with Crippen LogP contribution in [0.4, 0.5) is 4.79 Å². The second-order valence-electron chi connectivity index (χ2n) is 5.97. The van der Waals surface area contributed by atoms with Crippen molar-refractivity contribution in [2.75, 3.05) is 6.54 Å². The molecule has 0 unspecified atom stereocenters. The van der Waals surface area contributed by atoms with Gasteiger partial charge in [-0.1, -0.05) is 58.8 Å². The highest BCUT2D eigenvalue weighted by atomic mass is 16.2. The molecule has 2 N–H and O–H groups in total. The molecule has 3 nitrogen and oxygen atoms in total. The third-order valence-electron chi connectivity index (χ3n) is 4.17. The zero-order chi connectivity index (χ0) is 13.9. The van der Waals surface area contributed by atoms with Crippen molar-refractivity contribution >= 4 is 6.03 Å². The lowest BCUT2D eigenvalue weighted by Crippen LogP contribution is -2.43. The first-order chi connectivity index (χ1) is 9.26. The molecule has 0 aromatic rings. The van der Waals surface area contributed by atoms with E-state index in [1.165, 1.54) is 44.9 Å². The molecule has 0 saturated heterocycles. The highest BCUT2D eigenvalue weighted by Crippen LogP contribution is 2.18. The molecule has 1 saturated carbocycles. The van der Waals surface area contributed by atoms with Crippen LogP contribution in [0.5, 0.6) is 0 Å². The van der Waals surface area contributed by atoms with Crippen LogP contribution in [0.2, 0.25) is 0 Å². The Labute approximate surface area is 118 Å². The summed E-state index contributed by atoms with van der Waals surface area (Å²) in [5, 5.41) is 6.13. The van der Waals surface area contributed by atoms with E-state index in [0.29, 0.717) is 6.04 Å². The maximum atomic E-state index is 11.8. The van der Waals surface area contributed by atoms with Crippen molar-refractivity contribution in [2.45, 2.75) is 84.1 Å². The Balaban J connectivity index is 2.10. The number of nitrogens with one attached hydrogen (secondary N) is 2. The van der Waals surface area contributed by atoms with Crippen LogP contribution in [0.3, 0.4) is 0 Å². The predicted molar refractivity (Wildman–Crippen MR) is 81.3 cm³/mol. The van der Waals surface area contributed by atoms with Gasteiger partial charge in [-0.3, -0.25) is 0 Å². The molecule has 1 rings (SSSR count). The van der Waals surface area contributed by atoms with Crippen LogP contribution in [0, 0.1) is 5.92 Å². The molecular formula is C16H32N2O. The van der Waals surface area contributed by atoms with E-state index < -0.39 is 0 Å². The Morgan fingerprint density at radius 3 is 2.26 bits per heavy atom. The number of carbonyl (C=O) groups excluding carboxylic acids is 1. The summed E-state index contributed by atoms with van der Waals surface area (Å²) in [6.07, 6.45) is 12.4. The average molecular weight is 268 g/mol. The molecular weight excluding hydrogens is 236 g/mol. The second-order valence-corrected chi connectivity index (χ2v) is 5.97. The fourth-order valence-corrected chi connectivity index (χ4v) is 3.12. The maximum Gasteiger partial charge on any atom is 0.315 e. The fraction of sp³-hybridized carbons (Fsp3) is 0.938. The van der Waals surface area contributed by atoms with Gasteiger partial charge in [0.05, 0.1) is 0 Å². The van der Waals surface area contributed by atoms with Crippen LogP contribution >= 0.6 is 0 Å². The molecule has 0 aromatic carbocycles. The van der Waals surface area contributed by atoms with Gasteiger partial charge in [-0.05, 0) is 25.2 Å². The van der Waals surface area contributed by atoms with Crippen LogP contribution in [-0.4, -0.2) is 18.6 Å². The van der Waals surface area contributed by atoms with Crippen molar-refractivity contribution in [2.24, 2.45) is 5.92 Å². The summed E-state index contributed by atoms with van der Waals surface area (Å²) in [6, 6.07) is 0.453. The van der Waals surface area contributed by atoms with Gasteiger partial charge in [-0.15, -0.1) is 0 Å². The van der Waals surface area contributed by atoms with Crippen LogP contribution in [0.1, 0.15) is 78.1 Å². The Morgan fingerprint density at radius 1 is 1.05 bits per heavy atom. The van der Waals surface area contributed by atoms with E-state index in [1.54, 1.807) is 0 Å². The fourth-order valence-electron chi connectivity index (χ4n) is 3.12. The Hall–Kier alpha value is -0.730. The molecule has 1 fully saturated rings. The minimum Gasteiger partial charge on any atom is -0.338 e. The van der Waals surface area contributed by atoms with Gasteiger partial charge in [0.15, 0.2) is 0 Å². The van der Waals surface area contributed by atoms with Gasteiger partial charge in [0, 0.05) is 12.6 Å². The molecule has 0 aromatic heterocycles. The maximum absolute atomic E-state index is 11.8. The summed E-state index contributed by atoms with van der Waals surface area (Å²) < 4.78 is 0. The molecule has 1 aliphatic carbocycles. The standard InChI is InChI=1S/C16H32N2O/c1-3-8-14(9-4-2)12-13-17-16(19)18-15-10-6-5-7-11-15/h14-15H,3-13H2,1-2H3,(H2,17,18,19). The van der Waals surface area contributed by atoms with Gasteiger partial charge in [0.2, 0.25) is 0 Å². The van der Waals surface area contributed by atoms with E-state index in [4.69, 9.17) is 0 Å². The van der Waals surface area contributed by atoms with Crippen LogP contribution in [-0.2, 0) is 0 Å². The van der Waals surface area contributed by atoms with E-state index in [2.05, 4.69) is 24.5 Å². The molecule has 0 aliphatic heterocycles. The minimum absolute atomic E-state index is 0.0404. The van der Waals surface area contributed by atoms with Crippen molar-refractivity contribution in [3.8, 4) is 0 Å². The number of carbonyl (C=O) groups is 1. The molecule has 0 atom stereocenters. The predicted octanol–water partition coefficient (Wildman–Crippen LogP) is 4.22. The van der Waals surface area contributed by atoms with Crippen molar-refractivity contribution < 1.29 is 4.79 Å². The zero-order valence-electron chi connectivity index (χ0n) is 12.8. The van der Waals surface area contributed by atoms with E-state index in [9.17, 15) is 4.79 Å². The normalized spacial score (nSPS) is 16.6. The SMILES string of the molecule is CCCC(CCC)CCNC(=O)NC1CCCCC1. The quantitative estimate of drug-likeness (QED) is 0.679. The Bertz CT molecular complexity index is 231. The van der Waals surface area contributed by atoms with Crippen molar-refractivity contribution in [3.05, 3.63) is 0 Å². The Morgan fingerprint density at radius 2 is 1.68 bits per heavy atom. The summed E-state index contributed by atoms with van der Waals surface area (Å²) in [4.78, 5) is 11.8. The molecule has 112 valence electrons. The van der Waals surface area contributed by atoms with Crippen molar-refractivity contribution in [3.63, 3.8) is 0 Å². The van der Waals surface area contributed by atoms with Crippen LogP contribution < -0.4 is 10.6 Å². The van der Waals surface area contributed by atoms with E-state index in [0.717, 1.165) is 31.7 Å². The molecule has 2 amide bonds. The molecule has 0 heterocycles. The summed E-state index contributed by atoms with van der Waals surface area (Å²) in [7, 11) is 0. The highest BCUT2D eigenvalue weighted by molar-refractivity contribution is 5.74. The van der Waals surface area contributed by atoms with E-state index in [-0.39, 0.29) is 6.03 Å². The highest BCUT2D eigenvalue weighted by Gasteiger charge is 2.15. The van der Waals surface area contributed by atoms with Gasteiger partial charge >= 0.3 is 6.03 Å². The van der Waals surface area contributed by atoms with Gasteiger partial charge in [0.1, 0.15) is 0 Å². The second kappa shape index (κ2) is 10.1. The lowest BCUT2D eigenvalue weighted by Gasteiger charge is -2.23. The van der Waals surface area contributed by atoms with Gasteiger partial charge in [-0.25, -0.2) is 4.79 Å². The third kappa shape index (κ3) is 7.44. The smallest absolute Gasteiger partial charge is 0.315 e. The largest absolute Gasteiger partial charge is 0.338 e. The van der Waals surface area contributed by atoms with Gasteiger partial charge < -0.3 is 10.6 Å². The van der Waals surface area contributed by atoms with E-state index in [1.807, 2.05) is 0 Å². The number of hydrogen-bond donors (Lipinski definition) is 2.